The van der Waals surface area contributed by atoms with Crippen molar-refractivity contribution in [2.45, 2.75) is 32.8 Å². The number of nitrogens with zero attached hydrogens (tertiary/aromatic N) is 3. The number of rotatable bonds is 7. The molecule has 2 aromatic rings. The third kappa shape index (κ3) is 3.58. The van der Waals surface area contributed by atoms with Gasteiger partial charge < -0.3 is 15.3 Å². The van der Waals surface area contributed by atoms with Gasteiger partial charge in [-0.2, -0.15) is 4.98 Å². The lowest BCUT2D eigenvalue weighted by Gasteiger charge is -2.20. The number of nitrogens with one attached hydrogen (secondary N) is 1. The number of anilines is 2. The van der Waals surface area contributed by atoms with Crippen LogP contribution >= 0.6 is 11.3 Å². The second kappa shape index (κ2) is 6.85. The van der Waals surface area contributed by atoms with E-state index in [2.05, 4.69) is 33.2 Å². The minimum Gasteiger partial charge on any atom is -0.393 e. The van der Waals surface area contributed by atoms with Gasteiger partial charge in [0.25, 0.3) is 0 Å². The number of aromatic nitrogens is 2. The fraction of sp³-hybridized carbons (Fsp3) is 0.571. The Kier molecular flexibility index (Phi) is 5.14. The van der Waals surface area contributed by atoms with Crippen molar-refractivity contribution >= 4 is 33.3 Å². The molecule has 1 unspecified atom stereocenters. The molecule has 0 fully saturated rings. The molecule has 110 valence electrons. The minimum atomic E-state index is -0.296. The van der Waals surface area contributed by atoms with Gasteiger partial charge in [-0.1, -0.05) is 6.92 Å². The molecule has 0 aliphatic carbocycles. The first kappa shape index (κ1) is 15.0. The lowest BCUT2D eigenvalue weighted by atomic mass is 10.2. The van der Waals surface area contributed by atoms with Gasteiger partial charge in [0, 0.05) is 20.1 Å². The summed E-state index contributed by atoms with van der Waals surface area (Å²) in [6.45, 7) is 5.56. The Morgan fingerprint density at radius 1 is 1.45 bits per heavy atom. The van der Waals surface area contributed by atoms with Gasteiger partial charge in [-0.25, -0.2) is 4.98 Å². The van der Waals surface area contributed by atoms with Gasteiger partial charge in [0.05, 0.1) is 11.5 Å². The molecule has 2 rings (SSSR count). The molecule has 2 N–H and O–H groups in total. The van der Waals surface area contributed by atoms with Crippen molar-refractivity contribution in [3.63, 3.8) is 0 Å². The summed E-state index contributed by atoms with van der Waals surface area (Å²) in [5.74, 6) is 1.61. The zero-order chi connectivity index (χ0) is 14.5. The molecule has 0 saturated heterocycles. The van der Waals surface area contributed by atoms with Crippen molar-refractivity contribution in [3.8, 4) is 0 Å². The first-order chi connectivity index (χ1) is 9.61. The third-order valence-corrected chi connectivity index (χ3v) is 3.89. The zero-order valence-corrected chi connectivity index (χ0v) is 13.1. The molecule has 0 aromatic carbocycles. The molecular formula is C14H22N4OS. The number of aliphatic hydroxyl groups excluding tert-OH is 1. The standard InChI is InChI=1S/C14H22N4OS/c1-4-7-15-14-16-12(18(3)8-5-10(2)19)11-6-9-20-13(11)17-14/h6,9-10,19H,4-5,7-8H2,1-3H3,(H,15,16,17). The summed E-state index contributed by atoms with van der Waals surface area (Å²) in [5.41, 5.74) is 0. The van der Waals surface area contributed by atoms with Crippen molar-refractivity contribution in [1.29, 1.82) is 0 Å². The summed E-state index contributed by atoms with van der Waals surface area (Å²) in [6.07, 6.45) is 1.47. The summed E-state index contributed by atoms with van der Waals surface area (Å²) in [4.78, 5) is 12.2. The molecule has 0 aliphatic rings. The van der Waals surface area contributed by atoms with Crippen LogP contribution in [0.5, 0.6) is 0 Å². The fourth-order valence-electron chi connectivity index (χ4n) is 1.93. The normalized spacial score (nSPS) is 12.6. The van der Waals surface area contributed by atoms with Gasteiger partial charge in [-0.15, -0.1) is 11.3 Å². The van der Waals surface area contributed by atoms with Gasteiger partial charge in [0.2, 0.25) is 5.95 Å². The van der Waals surface area contributed by atoms with Crippen LogP contribution in [0.3, 0.4) is 0 Å². The van der Waals surface area contributed by atoms with Crippen molar-refractivity contribution in [3.05, 3.63) is 11.4 Å². The molecule has 0 spiro atoms. The highest BCUT2D eigenvalue weighted by atomic mass is 32.1. The highest BCUT2D eigenvalue weighted by molar-refractivity contribution is 7.16. The number of aliphatic hydroxyl groups is 1. The van der Waals surface area contributed by atoms with Crippen molar-refractivity contribution in [2.75, 3.05) is 30.4 Å². The van der Waals surface area contributed by atoms with Gasteiger partial charge in [0.15, 0.2) is 0 Å². The molecular weight excluding hydrogens is 272 g/mol. The number of thiophene rings is 1. The molecule has 2 heterocycles. The van der Waals surface area contributed by atoms with Crippen LogP contribution in [0.25, 0.3) is 10.2 Å². The Morgan fingerprint density at radius 3 is 2.95 bits per heavy atom. The SMILES string of the molecule is CCCNc1nc(N(C)CCC(C)O)c2ccsc2n1. The van der Waals surface area contributed by atoms with Crippen LogP contribution in [0.15, 0.2) is 11.4 Å². The Balaban J connectivity index is 2.26. The molecule has 0 bridgehead atoms. The Bertz CT molecular complexity index is 555. The third-order valence-electron chi connectivity index (χ3n) is 3.08. The molecule has 1 atom stereocenters. The summed E-state index contributed by atoms with van der Waals surface area (Å²) < 4.78 is 0. The Morgan fingerprint density at radius 2 is 2.25 bits per heavy atom. The molecule has 20 heavy (non-hydrogen) atoms. The predicted molar refractivity (Wildman–Crippen MR) is 85.8 cm³/mol. The maximum absolute atomic E-state index is 9.42. The van der Waals surface area contributed by atoms with E-state index in [1.54, 1.807) is 11.3 Å². The van der Waals surface area contributed by atoms with E-state index in [1.807, 2.05) is 19.4 Å². The summed E-state index contributed by atoms with van der Waals surface area (Å²) in [5, 5.41) is 15.8. The molecule has 5 nitrogen and oxygen atoms in total. The van der Waals surface area contributed by atoms with Crippen molar-refractivity contribution < 1.29 is 5.11 Å². The van der Waals surface area contributed by atoms with E-state index in [9.17, 15) is 5.11 Å². The van der Waals surface area contributed by atoms with E-state index in [1.165, 1.54) is 0 Å². The molecule has 2 aromatic heterocycles. The largest absolute Gasteiger partial charge is 0.393 e. The van der Waals surface area contributed by atoms with Gasteiger partial charge in [-0.05, 0) is 31.2 Å². The van der Waals surface area contributed by atoms with E-state index in [4.69, 9.17) is 0 Å². The summed E-state index contributed by atoms with van der Waals surface area (Å²) in [7, 11) is 2.01. The van der Waals surface area contributed by atoms with E-state index in [0.717, 1.165) is 42.0 Å². The van der Waals surface area contributed by atoms with E-state index in [-0.39, 0.29) is 6.10 Å². The van der Waals surface area contributed by atoms with Gasteiger partial charge in [-0.3, -0.25) is 0 Å². The summed E-state index contributed by atoms with van der Waals surface area (Å²) in [6, 6.07) is 2.05. The first-order valence-corrected chi connectivity index (χ1v) is 7.88. The van der Waals surface area contributed by atoms with Crippen molar-refractivity contribution in [1.82, 2.24) is 9.97 Å². The minimum absolute atomic E-state index is 0.296. The maximum atomic E-state index is 9.42. The smallest absolute Gasteiger partial charge is 0.226 e. The zero-order valence-electron chi connectivity index (χ0n) is 12.3. The average molecular weight is 294 g/mol. The van der Waals surface area contributed by atoms with E-state index < -0.39 is 0 Å². The highest BCUT2D eigenvalue weighted by Gasteiger charge is 2.13. The Hall–Kier alpha value is -1.40. The molecule has 6 heteroatoms. The van der Waals surface area contributed by atoms with Crippen LogP contribution in [0.1, 0.15) is 26.7 Å². The predicted octanol–water partition coefficient (Wildman–Crippen LogP) is 2.72. The second-order valence-corrected chi connectivity index (χ2v) is 5.89. The lowest BCUT2D eigenvalue weighted by molar-refractivity contribution is 0.187. The highest BCUT2D eigenvalue weighted by Crippen LogP contribution is 2.28. The maximum Gasteiger partial charge on any atom is 0.226 e. The van der Waals surface area contributed by atoms with Gasteiger partial charge in [0.1, 0.15) is 10.6 Å². The van der Waals surface area contributed by atoms with Crippen molar-refractivity contribution in [2.24, 2.45) is 0 Å². The number of fused-ring (bicyclic) bond motifs is 1. The van der Waals surface area contributed by atoms with E-state index in [0.29, 0.717) is 5.95 Å². The van der Waals surface area contributed by atoms with Gasteiger partial charge >= 0.3 is 0 Å². The van der Waals surface area contributed by atoms with Crippen LogP contribution in [-0.2, 0) is 0 Å². The summed E-state index contributed by atoms with van der Waals surface area (Å²) >= 11 is 1.62. The van der Waals surface area contributed by atoms with E-state index >= 15 is 0 Å². The fourth-order valence-corrected chi connectivity index (χ4v) is 2.69. The quantitative estimate of drug-likeness (QED) is 0.822. The average Bonchev–Trinajstić information content (AvgIpc) is 2.89. The lowest BCUT2D eigenvalue weighted by Crippen LogP contribution is -2.23. The molecule has 0 radical (unpaired) electrons. The topological polar surface area (TPSA) is 61.3 Å². The molecule has 0 amide bonds. The molecule has 0 aliphatic heterocycles. The van der Waals surface area contributed by atoms with Crippen LogP contribution in [0, 0.1) is 0 Å². The molecule has 0 saturated carbocycles. The Labute approximate surface area is 123 Å². The van der Waals surface area contributed by atoms with Crippen LogP contribution < -0.4 is 10.2 Å². The second-order valence-electron chi connectivity index (χ2n) is 5.00. The van der Waals surface area contributed by atoms with Crippen LogP contribution in [0.4, 0.5) is 11.8 Å². The monoisotopic (exact) mass is 294 g/mol. The first-order valence-electron chi connectivity index (χ1n) is 7.00. The van der Waals surface area contributed by atoms with Crippen LogP contribution in [-0.4, -0.2) is 41.3 Å². The number of hydrogen-bond acceptors (Lipinski definition) is 6. The van der Waals surface area contributed by atoms with Crippen LogP contribution in [0.2, 0.25) is 0 Å². The number of hydrogen-bond donors (Lipinski definition) is 2.